The minimum Gasteiger partial charge on any atom is -0.457 e. The molecule has 2 fully saturated rings. The summed E-state index contributed by atoms with van der Waals surface area (Å²) in [6.45, 7) is 3.75. The molecule has 0 amide bonds. The Morgan fingerprint density at radius 1 is 1.54 bits per heavy atom. The van der Waals surface area contributed by atoms with Crippen LogP contribution in [0, 0.1) is 0 Å². The minimum absolute atomic E-state index is 0.354. The van der Waals surface area contributed by atoms with E-state index in [1.165, 1.54) is 0 Å². The fraction of sp³-hybridized carbons (Fsp3) is 0.857. The molecule has 0 aromatic heterocycles. The molecule has 0 spiro atoms. The van der Waals surface area contributed by atoms with Crippen LogP contribution in [0.1, 0.15) is 20.3 Å². The van der Waals surface area contributed by atoms with Crippen LogP contribution >= 0.6 is 0 Å². The molecule has 70 valence electrons. The molecule has 2 aliphatic rings. The van der Waals surface area contributed by atoms with Crippen molar-refractivity contribution in [2.45, 2.75) is 36.7 Å². The van der Waals surface area contributed by atoms with E-state index in [1.54, 1.807) is 15.7 Å². The Balaban J connectivity index is 2.38. The average molecular weight is 181 g/mol. The summed E-state index contributed by atoms with van der Waals surface area (Å²) in [5.41, 5.74) is -0.890. The highest BCUT2D eigenvalue weighted by Gasteiger charge is 2.74. The Morgan fingerprint density at radius 3 is 2.62 bits per heavy atom. The molecule has 2 atom stereocenters. The van der Waals surface area contributed by atoms with E-state index < -0.39 is 16.5 Å². The quantitative estimate of drug-likeness (QED) is 0.349. The lowest BCUT2D eigenvalue weighted by molar-refractivity contribution is -0.224. The van der Waals surface area contributed by atoms with Crippen molar-refractivity contribution in [2.24, 2.45) is 0 Å². The predicted octanol–water partition coefficient (Wildman–Crippen LogP) is -1.92. The number of fused-ring (bicyclic) bond motifs is 1. The normalized spacial score (nSPS) is 48.1. The van der Waals surface area contributed by atoms with E-state index in [0.717, 1.165) is 5.06 Å². The van der Waals surface area contributed by atoms with E-state index in [1.807, 2.05) is 13.8 Å². The monoisotopic (exact) mass is 181 g/mol. The molecule has 1 saturated carbocycles. The van der Waals surface area contributed by atoms with E-state index in [9.17, 15) is 10.0 Å². The van der Waals surface area contributed by atoms with E-state index in [0.29, 0.717) is 6.42 Å². The first-order chi connectivity index (χ1) is 5.74. The summed E-state index contributed by atoms with van der Waals surface area (Å²) in [6.07, 6.45) is 0.700. The molecule has 0 radical (unpaired) electrons. The molecular weight excluding hydrogens is 168 g/mol. The van der Waals surface area contributed by atoms with Crippen LogP contribution in [-0.4, -0.2) is 48.4 Å². The van der Waals surface area contributed by atoms with Crippen LogP contribution in [0.2, 0.25) is 0 Å². The number of hydroxylamine groups is 2. The van der Waals surface area contributed by atoms with E-state index >= 15 is 0 Å². The number of carbonyl (C=O) groups excluding carboxylic acids is 1. The maximum Gasteiger partial charge on any atom is 0.312 e. The first-order valence-electron chi connectivity index (χ1n) is 4.47. The second-order valence-electron chi connectivity index (χ2n) is 4.94. The standard InChI is InChI=1S/C7H13B2NO3/c1-5-3-6(5,2)13-4(11)7(8,9)10(5)12/h12H,3,8-9H2,1-2H3/t5-,6?/m0/s1. The zero-order valence-electron chi connectivity index (χ0n) is 8.42. The van der Waals surface area contributed by atoms with Gasteiger partial charge in [-0.05, 0) is 13.8 Å². The predicted molar refractivity (Wildman–Crippen MR) is 51.0 cm³/mol. The first-order valence-corrected chi connectivity index (χ1v) is 4.47. The molecule has 1 heterocycles. The third-order valence-corrected chi connectivity index (χ3v) is 3.51. The fourth-order valence-electron chi connectivity index (χ4n) is 2.09. The molecule has 0 aromatic rings. The van der Waals surface area contributed by atoms with Gasteiger partial charge in [0.15, 0.2) is 0 Å². The van der Waals surface area contributed by atoms with Gasteiger partial charge >= 0.3 is 5.97 Å². The van der Waals surface area contributed by atoms with Gasteiger partial charge in [0.2, 0.25) is 0 Å². The van der Waals surface area contributed by atoms with Gasteiger partial charge in [0.25, 0.3) is 0 Å². The summed E-state index contributed by atoms with van der Waals surface area (Å²) in [6, 6.07) is 0. The molecule has 1 saturated heterocycles. The molecule has 2 rings (SSSR count). The second-order valence-corrected chi connectivity index (χ2v) is 4.94. The van der Waals surface area contributed by atoms with Gasteiger partial charge in [-0.1, -0.05) is 0 Å². The van der Waals surface area contributed by atoms with Crippen molar-refractivity contribution in [1.82, 2.24) is 5.06 Å². The van der Waals surface area contributed by atoms with Gasteiger partial charge in [0.05, 0.1) is 10.9 Å². The Hall–Kier alpha value is -0.480. The Kier molecular flexibility index (Phi) is 1.37. The maximum atomic E-state index is 11.5. The third-order valence-electron chi connectivity index (χ3n) is 3.51. The molecule has 1 aliphatic heterocycles. The highest BCUT2D eigenvalue weighted by Crippen LogP contribution is 2.58. The van der Waals surface area contributed by atoms with Crippen LogP contribution in [0.5, 0.6) is 0 Å². The molecule has 4 nitrogen and oxygen atoms in total. The Morgan fingerprint density at radius 2 is 2.08 bits per heavy atom. The van der Waals surface area contributed by atoms with Gasteiger partial charge < -0.3 is 9.94 Å². The summed E-state index contributed by atoms with van der Waals surface area (Å²) in [7, 11) is 3.33. The van der Waals surface area contributed by atoms with Crippen molar-refractivity contribution >= 4 is 21.7 Å². The zero-order valence-corrected chi connectivity index (χ0v) is 8.42. The smallest absolute Gasteiger partial charge is 0.312 e. The van der Waals surface area contributed by atoms with Crippen LogP contribution in [0.15, 0.2) is 0 Å². The summed E-state index contributed by atoms with van der Waals surface area (Å²) < 4.78 is 5.30. The molecule has 13 heavy (non-hydrogen) atoms. The van der Waals surface area contributed by atoms with Crippen molar-refractivity contribution in [3.05, 3.63) is 0 Å². The summed E-state index contributed by atoms with van der Waals surface area (Å²) in [4.78, 5) is 11.5. The molecule has 0 bridgehead atoms. The van der Waals surface area contributed by atoms with Crippen LogP contribution < -0.4 is 0 Å². The highest BCUT2D eigenvalue weighted by molar-refractivity contribution is 6.50. The second kappa shape index (κ2) is 1.96. The van der Waals surface area contributed by atoms with Crippen molar-refractivity contribution in [3.8, 4) is 0 Å². The van der Waals surface area contributed by atoms with E-state index in [4.69, 9.17) is 4.74 Å². The van der Waals surface area contributed by atoms with Crippen LogP contribution in [-0.2, 0) is 9.53 Å². The lowest BCUT2D eigenvalue weighted by Crippen LogP contribution is -2.65. The van der Waals surface area contributed by atoms with Gasteiger partial charge in [-0.15, -0.1) is 0 Å². The van der Waals surface area contributed by atoms with E-state index in [2.05, 4.69) is 0 Å². The zero-order chi connectivity index (χ0) is 10.1. The SMILES string of the molecule is BC1(B)C(=O)OC2(C)C[C@]2(C)N1O. The number of morpholine rings is 1. The largest absolute Gasteiger partial charge is 0.457 e. The number of carbonyl (C=O) groups is 1. The summed E-state index contributed by atoms with van der Waals surface area (Å²) >= 11 is 0. The van der Waals surface area contributed by atoms with Gasteiger partial charge in [-0.25, -0.2) is 0 Å². The van der Waals surface area contributed by atoms with Gasteiger partial charge in [0.1, 0.15) is 21.3 Å². The van der Waals surface area contributed by atoms with Gasteiger partial charge in [-0.3, -0.25) is 4.79 Å². The molecular formula is C7H13B2NO3. The lowest BCUT2D eigenvalue weighted by Gasteiger charge is -2.43. The number of hydrogen-bond donors (Lipinski definition) is 1. The Bertz CT molecular complexity index is 295. The first kappa shape index (κ1) is 9.09. The average Bonchev–Trinajstić information content (AvgIpc) is 2.52. The van der Waals surface area contributed by atoms with Crippen LogP contribution in [0.25, 0.3) is 0 Å². The number of ether oxygens (including phenoxy) is 1. The minimum atomic E-state index is -0.926. The number of esters is 1. The van der Waals surface area contributed by atoms with Crippen LogP contribution in [0.4, 0.5) is 0 Å². The fourth-order valence-corrected chi connectivity index (χ4v) is 2.09. The molecule has 6 heteroatoms. The van der Waals surface area contributed by atoms with Gasteiger partial charge in [0, 0.05) is 6.42 Å². The highest BCUT2D eigenvalue weighted by atomic mass is 16.6. The number of nitrogens with zero attached hydrogens (tertiary/aromatic N) is 1. The van der Waals surface area contributed by atoms with E-state index in [-0.39, 0.29) is 5.97 Å². The summed E-state index contributed by atoms with van der Waals surface area (Å²) in [5.74, 6) is -0.354. The molecule has 1 aliphatic carbocycles. The van der Waals surface area contributed by atoms with Crippen molar-refractivity contribution in [3.63, 3.8) is 0 Å². The molecule has 0 aromatic carbocycles. The summed E-state index contributed by atoms with van der Waals surface area (Å²) in [5, 5.41) is 10.1. The van der Waals surface area contributed by atoms with Gasteiger partial charge in [-0.2, -0.15) is 5.06 Å². The number of rotatable bonds is 0. The van der Waals surface area contributed by atoms with Crippen molar-refractivity contribution < 1.29 is 14.7 Å². The Labute approximate surface area is 79.0 Å². The number of hydrogen-bond acceptors (Lipinski definition) is 4. The third kappa shape index (κ3) is 0.827. The topological polar surface area (TPSA) is 49.8 Å². The maximum absolute atomic E-state index is 11.5. The molecule has 1 unspecified atom stereocenters. The molecule has 1 N–H and O–H groups in total. The lowest BCUT2D eigenvalue weighted by atomic mass is 9.60. The van der Waals surface area contributed by atoms with Crippen molar-refractivity contribution in [1.29, 1.82) is 0 Å². The van der Waals surface area contributed by atoms with Crippen molar-refractivity contribution in [2.75, 3.05) is 0 Å². The van der Waals surface area contributed by atoms with Crippen LogP contribution in [0.3, 0.4) is 0 Å².